The van der Waals surface area contributed by atoms with E-state index in [4.69, 9.17) is 11.6 Å². The van der Waals surface area contributed by atoms with Gasteiger partial charge in [0.05, 0.1) is 15.6 Å². The second-order valence-electron chi connectivity index (χ2n) is 5.49. The minimum absolute atomic E-state index is 0.0795. The average Bonchev–Trinajstić information content (AvgIpc) is 2.98. The molecule has 0 atom stereocenters. The first-order valence-electron chi connectivity index (χ1n) is 7.48. The molecule has 122 valence electrons. The SMILES string of the molecule is O=[N+]([O-])c1ccc(N=Nc2ccc3[nH]c4ccccc4c3c2)c(Cl)c1. The maximum absolute atomic E-state index is 10.7. The van der Waals surface area contributed by atoms with Crippen molar-refractivity contribution in [2.24, 2.45) is 10.2 Å². The number of halogens is 1. The number of hydrogen-bond donors (Lipinski definition) is 1. The van der Waals surface area contributed by atoms with E-state index in [0.717, 1.165) is 21.8 Å². The summed E-state index contributed by atoms with van der Waals surface area (Å²) in [7, 11) is 0. The summed E-state index contributed by atoms with van der Waals surface area (Å²) in [5.41, 5.74) is 3.06. The van der Waals surface area contributed by atoms with Crippen LogP contribution < -0.4 is 0 Å². The van der Waals surface area contributed by atoms with Gasteiger partial charge in [-0.25, -0.2) is 0 Å². The third-order valence-electron chi connectivity index (χ3n) is 3.91. The molecular weight excluding hydrogens is 340 g/mol. The van der Waals surface area contributed by atoms with Crippen LogP contribution in [0.5, 0.6) is 0 Å². The predicted molar refractivity (Wildman–Crippen MR) is 98.1 cm³/mol. The van der Waals surface area contributed by atoms with E-state index < -0.39 is 4.92 Å². The second-order valence-corrected chi connectivity index (χ2v) is 5.90. The average molecular weight is 351 g/mol. The highest BCUT2D eigenvalue weighted by Crippen LogP contribution is 2.32. The molecule has 1 aromatic heterocycles. The summed E-state index contributed by atoms with van der Waals surface area (Å²) in [5, 5.41) is 21.4. The third kappa shape index (κ3) is 2.83. The molecule has 0 aliphatic carbocycles. The van der Waals surface area contributed by atoms with Crippen LogP contribution in [0.1, 0.15) is 0 Å². The van der Waals surface area contributed by atoms with Crippen LogP contribution in [0, 0.1) is 10.1 Å². The van der Waals surface area contributed by atoms with Crippen molar-refractivity contribution in [1.82, 2.24) is 4.98 Å². The lowest BCUT2D eigenvalue weighted by Gasteiger charge is -1.98. The molecule has 0 saturated carbocycles. The number of nitrogens with zero attached hydrogens (tertiary/aromatic N) is 3. The molecule has 0 unspecified atom stereocenters. The van der Waals surface area contributed by atoms with Crippen molar-refractivity contribution in [3.8, 4) is 0 Å². The van der Waals surface area contributed by atoms with E-state index in [1.54, 1.807) is 0 Å². The first-order chi connectivity index (χ1) is 12.1. The normalized spacial score (nSPS) is 11.6. The van der Waals surface area contributed by atoms with Gasteiger partial charge in [0.1, 0.15) is 5.69 Å². The van der Waals surface area contributed by atoms with E-state index in [1.807, 2.05) is 42.5 Å². The minimum atomic E-state index is -0.502. The molecule has 0 radical (unpaired) electrons. The topological polar surface area (TPSA) is 83.7 Å². The van der Waals surface area contributed by atoms with Crippen molar-refractivity contribution < 1.29 is 4.92 Å². The van der Waals surface area contributed by atoms with E-state index in [2.05, 4.69) is 15.2 Å². The van der Waals surface area contributed by atoms with Crippen molar-refractivity contribution >= 4 is 50.5 Å². The van der Waals surface area contributed by atoms with Gasteiger partial charge >= 0.3 is 0 Å². The third-order valence-corrected chi connectivity index (χ3v) is 4.21. The number of hydrogen-bond acceptors (Lipinski definition) is 4. The lowest BCUT2D eigenvalue weighted by Crippen LogP contribution is -1.86. The fourth-order valence-corrected chi connectivity index (χ4v) is 2.91. The molecule has 0 fully saturated rings. The van der Waals surface area contributed by atoms with Crippen LogP contribution in [0.3, 0.4) is 0 Å². The highest BCUT2D eigenvalue weighted by Gasteiger charge is 2.09. The van der Waals surface area contributed by atoms with Crippen LogP contribution in [0.25, 0.3) is 21.8 Å². The summed E-state index contributed by atoms with van der Waals surface area (Å²) >= 11 is 6.03. The van der Waals surface area contributed by atoms with Crippen LogP contribution in [0.15, 0.2) is 70.9 Å². The first-order valence-corrected chi connectivity index (χ1v) is 7.86. The Hall–Kier alpha value is -3.25. The molecule has 4 aromatic rings. The maximum atomic E-state index is 10.7. The van der Waals surface area contributed by atoms with Gasteiger partial charge < -0.3 is 4.98 Å². The van der Waals surface area contributed by atoms with Crippen LogP contribution in [-0.2, 0) is 0 Å². The Labute approximate surface area is 146 Å². The van der Waals surface area contributed by atoms with E-state index in [9.17, 15) is 10.1 Å². The Kier molecular flexibility index (Phi) is 3.66. The number of rotatable bonds is 3. The number of H-pyrrole nitrogens is 1. The Balaban J connectivity index is 1.71. The summed E-state index contributed by atoms with van der Waals surface area (Å²) in [4.78, 5) is 13.6. The predicted octanol–water partition coefficient (Wildman–Crippen LogP) is 6.30. The van der Waals surface area contributed by atoms with Crippen molar-refractivity contribution in [2.45, 2.75) is 0 Å². The van der Waals surface area contributed by atoms with Crippen molar-refractivity contribution in [1.29, 1.82) is 0 Å². The molecule has 3 aromatic carbocycles. The number of fused-ring (bicyclic) bond motifs is 3. The van der Waals surface area contributed by atoms with Crippen LogP contribution in [-0.4, -0.2) is 9.91 Å². The molecule has 1 N–H and O–H groups in total. The molecular formula is C18H11ClN4O2. The van der Waals surface area contributed by atoms with Crippen molar-refractivity contribution in [2.75, 3.05) is 0 Å². The molecule has 0 saturated heterocycles. The van der Waals surface area contributed by atoms with Crippen molar-refractivity contribution in [3.05, 3.63) is 75.8 Å². The molecule has 1 heterocycles. The van der Waals surface area contributed by atoms with Crippen LogP contribution in [0.4, 0.5) is 17.1 Å². The first kappa shape index (κ1) is 15.3. The van der Waals surface area contributed by atoms with Gasteiger partial charge in [0.2, 0.25) is 0 Å². The number of nitro benzene ring substituents is 1. The van der Waals surface area contributed by atoms with Gasteiger partial charge in [-0.05, 0) is 30.3 Å². The van der Waals surface area contributed by atoms with E-state index in [1.165, 1.54) is 18.2 Å². The van der Waals surface area contributed by atoms with Gasteiger partial charge in [0.15, 0.2) is 0 Å². The van der Waals surface area contributed by atoms with E-state index >= 15 is 0 Å². The summed E-state index contributed by atoms with van der Waals surface area (Å²) < 4.78 is 0. The van der Waals surface area contributed by atoms with Gasteiger partial charge in [-0.1, -0.05) is 29.8 Å². The Bertz CT molecular complexity index is 1150. The number of para-hydroxylation sites is 1. The molecule has 25 heavy (non-hydrogen) atoms. The monoisotopic (exact) mass is 350 g/mol. The van der Waals surface area contributed by atoms with Gasteiger partial charge in [0.25, 0.3) is 5.69 Å². The Morgan fingerprint density at radius 2 is 1.72 bits per heavy atom. The highest BCUT2D eigenvalue weighted by molar-refractivity contribution is 6.33. The number of aromatic nitrogens is 1. The molecule has 0 spiro atoms. The molecule has 6 nitrogen and oxygen atoms in total. The molecule has 0 bridgehead atoms. The number of nitro groups is 1. The fraction of sp³-hybridized carbons (Fsp3) is 0. The minimum Gasteiger partial charge on any atom is -0.355 e. The smallest absolute Gasteiger partial charge is 0.271 e. The summed E-state index contributed by atoms with van der Waals surface area (Å²) in [5.74, 6) is 0. The van der Waals surface area contributed by atoms with Crippen LogP contribution >= 0.6 is 11.6 Å². The summed E-state index contributed by atoms with van der Waals surface area (Å²) in [6, 6.07) is 17.9. The summed E-state index contributed by atoms with van der Waals surface area (Å²) in [6.45, 7) is 0. The van der Waals surface area contributed by atoms with Crippen molar-refractivity contribution in [3.63, 3.8) is 0 Å². The zero-order valence-corrected chi connectivity index (χ0v) is 13.6. The second kappa shape index (κ2) is 5.99. The molecule has 0 aliphatic rings. The lowest BCUT2D eigenvalue weighted by molar-refractivity contribution is -0.384. The van der Waals surface area contributed by atoms with Gasteiger partial charge in [-0.15, -0.1) is 5.11 Å². The number of nitrogens with one attached hydrogen (secondary N) is 1. The standard InChI is InChI=1S/C18H11ClN4O2/c19-15-10-12(23(24)25)6-8-18(15)22-21-11-5-7-17-14(9-11)13-3-1-2-4-16(13)20-17/h1-10,20H. The molecule has 7 heteroatoms. The van der Waals surface area contributed by atoms with Crippen LogP contribution in [0.2, 0.25) is 5.02 Å². The molecule has 0 aliphatic heterocycles. The summed E-state index contributed by atoms with van der Waals surface area (Å²) in [6.07, 6.45) is 0. The van der Waals surface area contributed by atoms with E-state index in [-0.39, 0.29) is 10.7 Å². The van der Waals surface area contributed by atoms with Gasteiger partial charge in [-0.2, -0.15) is 5.11 Å². The van der Waals surface area contributed by atoms with E-state index in [0.29, 0.717) is 11.4 Å². The number of non-ortho nitro benzene ring substituents is 1. The number of aromatic amines is 1. The lowest BCUT2D eigenvalue weighted by atomic mass is 10.1. The Morgan fingerprint density at radius 3 is 2.52 bits per heavy atom. The maximum Gasteiger partial charge on any atom is 0.271 e. The number of benzene rings is 3. The number of azo groups is 1. The van der Waals surface area contributed by atoms with Gasteiger partial charge in [0, 0.05) is 33.9 Å². The molecule has 0 amide bonds. The Morgan fingerprint density at radius 1 is 0.920 bits per heavy atom. The van der Waals surface area contributed by atoms with Gasteiger partial charge in [-0.3, -0.25) is 10.1 Å². The fourth-order valence-electron chi connectivity index (χ4n) is 2.70. The quantitative estimate of drug-likeness (QED) is 0.267. The zero-order valence-electron chi connectivity index (χ0n) is 12.8. The highest BCUT2D eigenvalue weighted by atomic mass is 35.5. The zero-order chi connectivity index (χ0) is 17.4. The largest absolute Gasteiger partial charge is 0.355 e. The molecule has 4 rings (SSSR count).